The van der Waals surface area contributed by atoms with Crippen molar-refractivity contribution in [2.24, 2.45) is 0 Å². The summed E-state index contributed by atoms with van der Waals surface area (Å²) in [6, 6.07) is 31.1. The topological polar surface area (TPSA) is 62.3 Å². The molecule has 3 aromatic carbocycles. The minimum atomic E-state index is -3.75. The number of nitrogens with zero attached hydrogens (tertiary/aromatic N) is 2. The lowest BCUT2D eigenvalue weighted by atomic mass is 9.87. The van der Waals surface area contributed by atoms with Crippen molar-refractivity contribution < 1.29 is 8.42 Å². The van der Waals surface area contributed by atoms with Crippen LogP contribution in [0, 0.1) is 0 Å². The van der Waals surface area contributed by atoms with E-state index in [9.17, 15) is 8.42 Å². The van der Waals surface area contributed by atoms with E-state index >= 15 is 0 Å². The standard InChI is InChI=1S/C30H31N3O2S/c34-36(35,28-16-8-12-25(20-28)21-31-22-27-15-6-7-19-32-27)33(23-24-10-2-1-3-11-24)30-18-9-14-26-13-4-5-17-29(26)30/h1-8,10-13,15-17,19-20,30-31H,9,14,18,21-23H2. The molecular formula is C30H31N3O2S. The molecule has 36 heavy (non-hydrogen) atoms. The molecule has 0 radical (unpaired) electrons. The predicted molar refractivity (Wildman–Crippen MR) is 143 cm³/mol. The van der Waals surface area contributed by atoms with Gasteiger partial charge < -0.3 is 5.32 Å². The Morgan fingerprint density at radius 2 is 1.61 bits per heavy atom. The summed E-state index contributed by atoms with van der Waals surface area (Å²) in [6.07, 6.45) is 4.55. The Kier molecular flexibility index (Phi) is 7.56. The molecule has 1 heterocycles. The van der Waals surface area contributed by atoms with Gasteiger partial charge in [-0.3, -0.25) is 4.98 Å². The molecular weight excluding hydrogens is 466 g/mol. The molecule has 4 aromatic rings. The number of pyridine rings is 1. The summed E-state index contributed by atoms with van der Waals surface area (Å²) in [5, 5.41) is 3.37. The average molecular weight is 498 g/mol. The van der Waals surface area contributed by atoms with Crippen molar-refractivity contribution in [1.82, 2.24) is 14.6 Å². The third-order valence-electron chi connectivity index (χ3n) is 6.73. The van der Waals surface area contributed by atoms with E-state index in [1.165, 1.54) is 5.56 Å². The lowest BCUT2D eigenvalue weighted by Crippen LogP contribution is -2.36. The molecule has 1 aliphatic carbocycles. The lowest BCUT2D eigenvalue weighted by Gasteiger charge is -2.35. The molecule has 1 unspecified atom stereocenters. The van der Waals surface area contributed by atoms with E-state index < -0.39 is 10.0 Å². The van der Waals surface area contributed by atoms with E-state index in [1.807, 2.05) is 72.8 Å². The first-order chi connectivity index (χ1) is 17.6. The van der Waals surface area contributed by atoms with Crippen molar-refractivity contribution in [3.05, 3.63) is 131 Å². The maximum absolute atomic E-state index is 14.2. The number of nitrogens with one attached hydrogen (secondary N) is 1. The highest BCUT2D eigenvalue weighted by molar-refractivity contribution is 7.89. The van der Waals surface area contributed by atoms with Gasteiger partial charge in [-0.05, 0) is 65.8 Å². The van der Waals surface area contributed by atoms with E-state index in [4.69, 9.17) is 0 Å². The zero-order chi connectivity index (χ0) is 24.8. The molecule has 0 bridgehead atoms. The predicted octanol–water partition coefficient (Wildman–Crippen LogP) is 5.64. The van der Waals surface area contributed by atoms with Gasteiger partial charge in [0.1, 0.15) is 0 Å². The first kappa shape index (κ1) is 24.4. The second-order valence-electron chi connectivity index (χ2n) is 9.21. The van der Waals surface area contributed by atoms with Crippen LogP contribution in [0.5, 0.6) is 0 Å². The average Bonchev–Trinajstić information content (AvgIpc) is 2.93. The Morgan fingerprint density at radius 1 is 0.833 bits per heavy atom. The fourth-order valence-electron chi connectivity index (χ4n) is 4.94. The molecule has 0 aliphatic heterocycles. The number of fused-ring (bicyclic) bond motifs is 1. The fourth-order valence-corrected chi connectivity index (χ4v) is 6.64. The highest BCUT2D eigenvalue weighted by Crippen LogP contribution is 2.38. The van der Waals surface area contributed by atoms with Crippen molar-refractivity contribution in [3.63, 3.8) is 0 Å². The van der Waals surface area contributed by atoms with Crippen LogP contribution in [0.25, 0.3) is 0 Å². The maximum atomic E-state index is 14.2. The molecule has 0 saturated heterocycles. The van der Waals surface area contributed by atoms with Crippen LogP contribution >= 0.6 is 0 Å². The highest BCUT2D eigenvalue weighted by Gasteiger charge is 2.35. The summed E-state index contributed by atoms with van der Waals surface area (Å²) in [5.74, 6) is 0. The van der Waals surface area contributed by atoms with Crippen molar-refractivity contribution >= 4 is 10.0 Å². The lowest BCUT2D eigenvalue weighted by molar-refractivity contribution is 0.287. The minimum absolute atomic E-state index is 0.189. The van der Waals surface area contributed by atoms with E-state index in [0.29, 0.717) is 24.5 Å². The zero-order valence-electron chi connectivity index (χ0n) is 20.3. The number of aryl methyl sites for hydroxylation is 1. The summed E-state index contributed by atoms with van der Waals surface area (Å²) in [6.45, 7) is 1.52. The molecule has 6 heteroatoms. The van der Waals surface area contributed by atoms with E-state index in [1.54, 1.807) is 22.6 Å². The van der Waals surface area contributed by atoms with E-state index in [-0.39, 0.29) is 6.04 Å². The fraction of sp³-hybridized carbons (Fsp3) is 0.233. The van der Waals surface area contributed by atoms with Gasteiger partial charge in [0.15, 0.2) is 0 Å². The largest absolute Gasteiger partial charge is 0.307 e. The van der Waals surface area contributed by atoms with Crippen LogP contribution in [0.1, 0.15) is 46.8 Å². The van der Waals surface area contributed by atoms with Gasteiger partial charge in [0, 0.05) is 25.8 Å². The summed E-state index contributed by atoms with van der Waals surface area (Å²) in [4.78, 5) is 4.67. The molecule has 1 atom stereocenters. The highest BCUT2D eigenvalue weighted by atomic mass is 32.2. The summed E-state index contributed by atoms with van der Waals surface area (Å²) < 4.78 is 30.1. The van der Waals surface area contributed by atoms with Gasteiger partial charge >= 0.3 is 0 Å². The molecule has 0 spiro atoms. The zero-order valence-corrected chi connectivity index (χ0v) is 21.1. The quantitative estimate of drug-likeness (QED) is 0.325. The Bertz CT molecular complexity index is 1390. The number of aromatic nitrogens is 1. The third-order valence-corrected chi connectivity index (χ3v) is 8.58. The summed E-state index contributed by atoms with van der Waals surface area (Å²) >= 11 is 0. The molecule has 184 valence electrons. The Balaban J connectivity index is 1.44. The molecule has 1 aromatic heterocycles. The van der Waals surface area contributed by atoms with Gasteiger partial charge in [-0.1, -0.05) is 72.8 Å². The smallest absolute Gasteiger partial charge is 0.243 e. The second kappa shape index (κ2) is 11.2. The monoisotopic (exact) mass is 497 g/mol. The van der Waals surface area contributed by atoms with Gasteiger partial charge in [-0.15, -0.1) is 0 Å². The van der Waals surface area contributed by atoms with Crippen LogP contribution < -0.4 is 5.32 Å². The van der Waals surface area contributed by atoms with E-state index in [0.717, 1.165) is 41.6 Å². The van der Waals surface area contributed by atoms with Crippen LogP contribution in [0.3, 0.4) is 0 Å². The number of rotatable bonds is 9. The maximum Gasteiger partial charge on any atom is 0.243 e. The van der Waals surface area contributed by atoms with Crippen LogP contribution in [0.2, 0.25) is 0 Å². The van der Waals surface area contributed by atoms with Crippen molar-refractivity contribution in [3.8, 4) is 0 Å². The Labute approximate surface area is 213 Å². The van der Waals surface area contributed by atoms with Crippen molar-refractivity contribution in [1.29, 1.82) is 0 Å². The molecule has 1 aliphatic rings. The third kappa shape index (κ3) is 5.57. The van der Waals surface area contributed by atoms with Gasteiger partial charge in [0.25, 0.3) is 0 Å². The molecule has 0 amide bonds. The minimum Gasteiger partial charge on any atom is -0.307 e. The number of benzene rings is 3. The van der Waals surface area contributed by atoms with Crippen molar-refractivity contribution in [2.45, 2.75) is 49.8 Å². The van der Waals surface area contributed by atoms with Crippen LogP contribution in [0.4, 0.5) is 0 Å². The Hall–Kier alpha value is -3.32. The molecule has 1 N–H and O–H groups in total. The molecule has 5 rings (SSSR count). The molecule has 0 fully saturated rings. The number of hydrogen-bond acceptors (Lipinski definition) is 4. The summed E-state index contributed by atoms with van der Waals surface area (Å²) in [5.41, 5.74) is 5.23. The van der Waals surface area contributed by atoms with Crippen LogP contribution in [-0.2, 0) is 36.1 Å². The van der Waals surface area contributed by atoms with Crippen molar-refractivity contribution in [2.75, 3.05) is 0 Å². The SMILES string of the molecule is O=S(=O)(c1cccc(CNCc2ccccn2)c1)N(Cc1ccccc1)C1CCCc2ccccc21. The van der Waals surface area contributed by atoms with Gasteiger partial charge in [-0.2, -0.15) is 4.31 Å². The first-order valence-electron chi connectivity index (χ1n) is 12.4. The molecule has 0 saturated carbocycles. The normalized spacial score (nSPS) is 15.5. The van der Waals surface area contributed by atoms with Crippen LogP contribution in [0.15, 0.2) is 108 Å². The van der Waals surface area contributed by atoms with Gasteiger partial charge in [0.05, 0.1) is 16.6 Å². The Morgan fingerprint density at radius 3 is 2.44 bits per heavy atom. The number of hydrogen-bond donors (Lipinski definition) is 1. The van der Waals surface area contributed by atoms with Crippen LogP contribution in [-0.4, -0.2) is 17.7 Å². The summed E-state index contributed by atoms with van der Waals surface area (Å²) in [7, 11) is -3.75. The van der Waals surface area contributed by atoms with E-state index in [2.05, 4.69) is 22.4 Å². The molecule has 5 nitrogen and oxygen atoms in total. The van der Waals surface area contributed by atoms with Gasteiger partial charge in [-0.25, -0.2) is 8.42 Å². The first-order valence-corrected chi connectivity index (χ1v) is 13.9. The number of sulfonamides is 1. The van der Waals surface area contributed by atoms with Gasteiger partial charge in [0.2, 0.25) is 10.0 Å². The second-order valence-corrected chi connectivity index (χ2v) is 11.1.